The molecular weight excluding hydrogens is 346 g/mol. The summed E-state index contributed by atoms with van der Waals surface area (Å²) in [4.78, 5) is 14.2. The average Bonchev–Trinajstić information content (AvgIpc) is 3.32. The first-order valence-electron chi connectivity index (χ1n) is 8.27. The number of nitrogens with zero attached hydrogens (tertiary/aromatic N) is 3. The number of hydrogen-bond acceptors (Lipinski definition) is 5. The van der Waals surface area contributed by atoms with E-state index in [0.717, 1.165) is 11.1 Å². The maximum Gasteiger partial charge on any atom is 0.248 e. The van der Waals surface area contributed by atoms with Gasteiger partial charge in [-0.15, -0.1) is 16.6 Å². The lowest BCUT2D eigenvalue weighted by atomic mass is 10.1. The smallest absolute Gasteiger partial charge is 0.248 e. The predicted octanol–water partition coefficient (Wildman–Crippen LogP) is 3.70. The fourth-order valence-corrected chi connectivity index (χ4v) is 3.12. The van der Waals surface area contributed by atoms with Crippen molar-refractivity contribution in [2.24, 2.45) is 0 Å². The number of aryl methyl sites for hydroxylation is 2. The number of amides is 1. The van der Waals surface area contributed by atoms with Crippen LogP contribution in [0.4, 0.5) is 0 Å². The number of carbonyl (C=O) groups is 1. The topological polar surface area (TPSA) is 59.2 Å². The summed E-state index contributed by atoms with van der Waals surface area (Å²) in [7, 11) is 0. The molecule has 1 aromatic carbocycles. The summed E-state index contributed by atoms with van der Waals surface area (Å²) in [6.07, 6.45) is 6.10. The molecule has 2 aromatic heterocycles. The van der Waals surface area contributed by atoms with Crippen molar-refractivity contribution in [3.63, 3.8) is 0 Å². The van der Waals surface area contributed by atoms with E-state index in [1.165, 1.54) is 5.56 Å². The lowest BCUT2D eigenvalue weighted by molar-refractivity contribution is -0.131. The highest BCUT2D eigenvalue weighted by Gasteiger charge is 2.16. The number of aromatic nitrogens is 2. The van der Waals surface area contributed by atoms with E-state index in [1.807, 2.05) is 48.0 Å². The van der Waals surface area contributed by atoms with Crippen LogP contribution in [0.3, 0.4) is 0 Å². The van der Waals surface area contributed by atoms with Gasteiger partial charge in [0.15, 0.2) is 0 Å². The van der Waals surface area contributed by atoms with Crippen molar-refractivity contribution in [2.75, 3.05) is 6.54 Å². The van der Waals surface area contributed by atoms with Gasteiger partial charge in [0.2, 0.25) is 17.7 Å². The second-order valence-corrected chi connectivity index (χ2v) is 6.73. The minimum atomic E-state index is -0.0289. The van der Waals surface area contributed by atoms with Gasteiger partial charge in [0.1, 0.15) is 0 Å². The Balaban J connectivity index is 1.59. The minimum Gasteiger partial charge on any atom is -0.421 e. The highest BCUT2D eigenvalue weighted by atomic mass is 32.1. The summed E-state index contributed by atoms with van der Waals surface area (Å²) in [5, 5.41) is 11.9. The molecule has 0 N–H and O–H groups in total. The average molecular weight is 365 g/mol. The molecule has 132 valence electrons. The Morgan fingerprint density at radius 3 is 2.77 bits per heavy atom. The SMILES string of the molecule is C#CCN(Cc1ccc(C)cc1)C(=O)CCc1nnc(-c2ccsc2)o1. The van der Waals surface area contributed by atoms with Crippen molar-refractivity contribution in [3.8, 4) is 23.8 Å². The van der Waals surface area contributed by atoms with Crippen LogP contribution < -0.4 is 0 Å². The minimum absolute atomic E-state index is 0.0289. The van der Waals surface area contributed by atoms with E-state index in [0.29, 0.717) is 24.7 Å². The number of rotatable bonds is 7. The summed E-state index contributed by atoms with van der Waals surface area (Å²) < 4.78 is 5.62. The van der Waals surface area contributed by atoms with Gasteiger partial charge in [-0.25, -0.2) is 0 Å². The van der Waals surface area contributed by atoms with E-state index in [2.05, 4.69) is 16.1 Å². The molecule has 0 unspecified atom stereocenters. The van der Waals surface area contributed by atoms with Gasteiger partial charge in [0.05, 0.1) is 6.54 Å². The Hall–Kier alpha value is -2.91. The first-order chi connectivity index (χ1) is 12.7. The Morgan fingerprint density at radius 1 is 1.27 bits per heavy atom. The van der Waals surface area contributed by atoms with Gasteiger partial charge >= 0.3 is 0 Å². The third-order valence-corrected chi connectivity index (χ3v) is 4.60. The van der Waals surface area contributed by atoms with E-state index < -0.39 is 0 Å². The van der Waals surface area contributed by atoms with Crippen molar-refractivity contribution < 1.29 is 9.21 Å². The first kappa shape index (κ1) is 17.9. The summed E-state index contributed by atoms with van der Waals surface area (Å²) in [5.74, 6) is 3.46. The van der Waals surface area contributed by atoms with E-state index in [4.69, 9.17) is 10.8 Å². The highest BCUT2D eigenvalue weighted by molar-refractivity contribution is 7.08. The summed E-state index contributed by atoms with van der Waals surface area (Å²) in [6.45, 7) is 2.80. The number of hydrogen-bond donors (Lipinski definition) is 0. The highest BCUT2D eigenvalue weighted by Crippen LogP contribution is 2.21. The van der Waals surface area contributed by atoms with Crippen LogP contribution in [-0.2, 0) is 17.8 Å². The quantitative estimate of drug-likeness (QED) is 0.599. The zero-order valence-electron chi connectivity index (χ0n) is 14.5. The molecule has 0 bridgehead atoms. The van der Waals surface area contributed by atoms with Gasteiger partial charge in [-0.05, 0) is 23.9 Å². The van der Waals surface area contributed by atoms with Crippen LogP contribution in [0.5, 0.6) is 0 Å². The monoisotopic (exact) mass is 365 g/mol. The van der Waals surface area contributed by atoms with Gasteiger partial charge in [0.25, 0.3) is 0 Å². The van der Waals surface area contributed by atoms with Crippen LogP contribution in [0.2, 0.25) is 0 Å². The lowest BCUT2D eigenvalue weighted by Crippen LogP contribution is -2.31. The molecule has 2 heterocycles. The molecule has 0 aliphatic carbocycles. The van der Waals surface area contributed by atoms with Gasteiger partial charge in [-0.3, -0.25) is 4.79 Å². The maximum absolute atomic E-state index is 12.6. The third-order valence-electron chi connectivity index (χ3n) is 3.92. The third kappa shape index (κ3) is 4.58. The molecular formula is C20H19N3O2S. The zero-order chi connectivity index (χ0) is 18.4. The fourth-order valence-electron chi connectivity index (χ4n) is 2.49. The summed E-state index contributed by atoms with van der Waals surface area (Å²) in [5.41, 5.74) is 3.13. The Kier molecular flexibility index (Phi) is 5.82. The molecule has 0 spiro atoms. The zero-order valence-corrected chi connectivity index (χ0v) is 15.3. The maximum atomic E-state index is 12.6. The molecule has 0 atom stereocenters. The van der Waals surface area contributed by atoms with Crippen molar-refractivity contribution in [2.45, 2.75) is 26.3 Å². The molecule has 6 heteroatoms. The van der Waals surface area contributed by atoms with Crippen LogP contribution in [0, 0.1) is 19.3 Å². The van der Waals surface area contributed by atoms with Gasteiger partial charge in [-0.2, -0.15) is 11.3 Å². The molecule has 5 nitrogen and oxygen atoms in total. The van der Waals surface area contributed by atoms with Crippen LogP contribution in [0.1, 0.15) is 23.4 Å². The summed E-state index contributed by atoms with van der Waals surface area (Å²) in [6, 6.07) is 9.99. The van der Waals surface area contributed by atoms with E-state index in [-0.39, 0.29) is 18.9 Å². The standard InChI is InChI=1S/C20H19N3O2S/c1-3-11-23(13-16-6-4-15(2)5-7-16)19(24)9-8-18-21-22-20(25-18)17-10-12-26-14-17/h1,4-7,10,12,14H,8-9,11,13H2,2H3. The van der Waals surface area contributed by atoms with Crippen LogP contribution in [-0.4, -0.2) is 27.5 Å². The van der Waals surface area contributed by atoms with Crippen LogP contribution in [0.25, 0.3) is 11.5 Å². The van der Waals surface area contributed by atoms with E-state index in [9.17, 15) is 4.79 Å². The second kappa shape index (κ2) is 8.45. The molecule has 0 radical (unpaired) electrons. The van der Waals surface area contributed by atoms with Crippen molar-refractivity contribution >= 4 is 17.2 Å². The Morgan fingerprint density at radius 2 is 2.08 bits per heavy atom. The van der Waals surface area contributed by atoms with Gasteiger partial charge in [-0.1, -0.05) is 35.7 Å². The van der Waals surface area contributed by atoms with Crippen LogP contribution >= 0.6 is 11.3 Å². The number of terminal acetylenes is 1. The molecule has 0 aliphatic heterocycles. The molecule has 0 fully saturated rings. The largest absolute Gasteiger partial charge is 0.421 e. The molecule has 0 saturated heterocycles. The normalized spacial score (nSPS) is 10.5. The number of carbonyl (C=O) groups excluding carboxylic acids is 1. The van der Waals surface area contributed by atoms with Crippen molar-refractivity contribution in [1.82, 2.24) is 15.1 Å². The number of benzene rings is 1. The molecule has 0 aliphatic rings. The molecule has 1 amide bonds. The molecule has 0 saturated carbocycles. The second-order valence-electron chi connectivity index (χ2n) is 5.95. The Bertz CT molecular complexity index is 892. The van der Waals surface area contributed by atoms with Crippen LogP contribution in [0.15, 0.2) is 45.5 Å². The summed E-state index contributed by atoms with van der Waals surface area (Å²) >= 11 is 1.57. The van der Waals surface area contributed by atoms with Gasteiger partial charge < -0.3 is 9.32 Å². The van der Waals surface area contributed by atoms with Gasteiger partial charge in [0, 0.05) is 30.3 Å². The fraction of sp³-hybridized carbons (Fsp3) is 0.250. The number of thiophene rings is 1. The lowest BCUT2D eigenvalue weighted by Gasteiger charge is -2.20. The van der Waals surface area contributed by atoms with E-state index >= 15 is 0 Å². The predicted molar refractivity (Wildman–Crippen MR) is 101 cm³/mol. The molecule has 3 rings (SSSR count). The van der Waals surface area contributed by atoms with E-state index in [1.54, 1.807) is 16.2 Å². The van der Waals surface area contributed by atoms with Crippen molar-refractivity contribution in [1.29, 1.82) is 0 Å². The molecule has 3 aromatic rings. The molecule has 26 heavy (non-hydrogen) atoms. The Labute approximate surface area is 156 Å². The first-order valence-corrected chi connectivity index (χ1v) is 9.21. The van der Waals surface area contributed by atoms with Crippen molar-refractivity contribution in [3.05, 3.63) is 58.1 Å².